The molecule has 2 aromatic rings. The Morgan fingerprint density at radius 3 is 2.32 bits per heavy atom. The predicted octanol–water partition coefficient (Wildman–Crippen LogP) is 2.26. The van der Waals surface area contributed by atoms with E-state index in [9.17, 15) is 14.7 Å². The maximum Gasteiger partial charge on any atom is 0.203 e. The third-order valence-corrected chi connectivity index (χ3v) is 3.14. The van der Waals surface area contributed by atoms with Gasteiger partial charge in [0.25, 0.3) is 0 Å². The Hall–Kier alpha value is -2.89. The van der Waals surface area contributed by atoms with Crippen LogP contribution in [0.1, 0.15) is 27.1 Å². The molecule has 6 heteroatoms. The highest BCUT2D eigenvalue weighted by Gasteiger charge is 2.21. The zero-order valence-corrected chi connectivity index (χ0v) is 12.2. The molecule has 1 aromatic carbocycles. The Kier molecular flexibility index (Phi) is 4.73. The van der Waals surface area contributed by atoms with Crippen LogP contribution < -0.4 is 9.47 Å². The summed E-state index contributed by atoms with van der Waals surface area (Å²) in [5.41, 5.74) is 0.406. The summed E-state index contributed by atoms with van der Waals surface area (Å²) in [6.45, 7) is 0. The van der Waals surface area contributed by atoms with Crippen molar-refractivity contribution < 1.29 is 24.2 Å². The van der Waals surface area contributed by atoms with E-state index in [1.54, 1.807) is 0 Å². The Morgan fingerprint density at radius 1 is 1.05 bits per heavy atom. The summed E-state index contributed by atoms with van der Waals surface area (Å²) in [4.78, 5) is 28.1. The van der Waals surface area contributed by atoms with Crippen LogP contribution in [0, 0.1) is 0 Å². The number of carbonyl (C=O) groups excluding carboxylic acids is 2. The number of rotatable bonds is 6. The maximum absolute atomic E-state index is 12.2. The molecule has 1 N–H and O–H groups in total. The number of ether oxygens (including phenoxy) is 2. The maximum atomic E-state index is 12.2. The van der Waals surface area contributed by atoms with Crippen molar-refractivity contribution >= 4 is 11.6 Å². The largest absolute Gasteiger partial charge is 0.504 e. The van der Waals surface area contributed by atoms with Gasteiger partial charge in [0.05, 0.1) is 26.2 Å². The molecule has 0 aliphatic rings. The molecule has 0 aliphatic carbocycles. The minimum Gasteiger partial charge on any atom is -0.504 e. The highest BCUT2D eigenvalue weighted by molar-refractivity contribution is 6.14. The van der Waals surface area contributed by atoms with Gasteiger partial charge >= 0.3 is 0 Å². The SMILES string of the molecule is COc1ccc(C(=O)CC(=O)c2ccncc2)c(O)c1OC. The topological polar surface area (TPSA) is 85.7 Å². The van der Waals surface area contributed by atoms with Gasteiger partial charge in [-0.1, -0.05) is 0 Å². The second-order valence-electron chi connectivity index (χ2n) is 4.46. The van der Waals surface area contributed by atoms with Crippen LogP contribution in [0.15, 0.2) is 36.7 Å². The molecule has 0 radical (unpaired) electrons. The van der Waals surface area contributed by atoms with Crippen LogP contribution in [-0.2, 0) is 0 Å². The molecule has 0 saturated heterocycles. The lowest BCUT2D eigenvalue weighted by atomic mass is 10.0. The van der Waals surface area contributed by atoms with Crippen LogP contribution in [0.25, 0.3) is 0 Å². The molecule has 0 atom stereocenters. The first-order valence-electron chi connectivity index (χ1n) is 6.48. The average Bonchev–Trinajstić information content (AvgIpc) is 2.54. The lowest BCUT2D eigenvalue weighted by molar-refractivity contribution is 0.0892. The van der Waals surface area contributed by atoms with Gasteiger partial charge in [0.2, 0.25) is 5.75 Å². The highest BCUT2D eigenvalue weighted by Crippen LogP contribution is 2.39. The van der Waals surface area contributed by atoms with Crippen molar-refractivity contribution in [3.8, 4) is 17.2 Å². The molecule has 0 unspecified atom stereocenters. The molecule has 2 rings (SSSR count). The Balaban J connectivity index is 2.25. The van der Waals surface area contributed by atoms with E-state index in [2.05, 4.69) is 4.98 Å². The second kappa shape index (κ2) is 6.71. The summed E-state index contributed by atoms with van der Waals surface area (Å²) < 4.78 is 10.1. The van der Waals surface area contributed by atoms with Gasteiger partial charge in [-0.15, -0.1) is 0 Å². The van der Waals surface area contributed by atoms with E-state index in [-0.39, 0.29) is 29.3 Å². The number of aromatic hydroxyl groups is 1. The molecule has 114 valence electrons. The fraction of sp³-hybridized carbons (Fsp3) is 0.188. The first kappa shape index (κ1) is 15.5. The van der Waals surface area contributed by atoms with Gasteiger partial charge in [-0.3, -0.25) is 14.6 Å². The highest BCUT2D eigenvalue weighted by atomic mass is 16.5. The number of methoxy groups -OCH3 is 2. The average molecular weight is 301 g/mol. The molecule has 0 fully saturated rings. The number of ketones is 2. The Bertz CT molecular complexity index is 697. The van der Waals surface area contributed by atoms with Crippen LogP contribution in [0.4, 0.5) is 0 Å². The number of carbonyl (C=O) groups is 2. The molecule has 0 saturated carbocycles. The minimum absolute atomic E-state index is 0.0139. The van der Waals surface area contributed by atoms with E-state index in [0.717, 1.165) is 0 Å². The van der Waals surface area contributed by atoms with E-state index in [0.29, 0.717) is 11.3 Å². The first-order valence-corrected chi connectivity index (χ1v) is 6.48. The van der Waals surface area contributed by atoms with Crippen molar-refractivity contribution in [1.82, 2.24) is 4.98 Å². The number of hydrogen-bond donors (Lipinski definition) is 1. The number of pyridine rings is 1. The van der Waals surface area contributed by atoms with Crippen molar-refractivity contribution in [2.24, 2.45) is 0 Å². The molecule has 0 bridgehead atoms. The van der Waals surface area contributed by atoms with E-state index in [4.69, 9.17) is 9.47 Å². The standard InChI is InChI=1S/C16H15NO5/c1-21-14-4-3-11(15(20)16(14)22-2)13(19)9-12(18)10-5-7-17-8-6-10/h3-8,20H,9H2,1-2H3. The summed E-state index contributed by atoms with van der Waals surface area (Å²) in [6.07, 6.45) is 2.60. The van der Waals surface area contributed by atoms with Gasteiger partial charge in [-0.2, -0.15) is 0 Å². The predicted molar refractivity (Wildman–Crippen MR) is 78.7 cm³/mol. The second-order valence-corrected chi connectivity index (χ2v) is 4.46. The fourth-order valence-electron chi connectivity index (χ4n) is 2.02. The van der Waals surface area contributed by atoms with Gasteiger partial charge in [0, 0.05) is 18.0 Å². The normalized spacial score (nSPS) is 10.1. The number of aromatic nitrogens is 1. The molecule has 22 heavy (non-hydrogen) atoms. The monoisotopic (exact) mass is 301 g/mol. The van der Waals surface area contributed by atoms with Crippen LogP contribution in [0.5, 0.6) is 17.2 Å². The molecule has 1 heterocycles. The van der Waals surface area contributed by atoms with Crippen molar-refractivity contribution in [2.45, 2.75) is 6.42 Å². The van der Waals surface area contributed by atoms with Crippen LogP contribution in [-0.4, -0.2) is 35.9 Å². The number of hydrogen-bond acceptors (Lipinski definition) is 6. The van der Waals surface area contributed by atoms with Gasteiger partial charge < -0.3 is 14.6 Å². The Labute approximate surface area is 127 Å². The summed E-state index contributed by atoms with van der Waals surface area (Å²) in [5, 5.41) is 10.1. The van der Waals surface area contributed by atoms with Crippen molar-refractivity contribution in [1.29, 1.82) is 0 Å². The van der Waals surface area contributed by atoms with Crippen LogP contribution in [0.2, 0.25) is 0 Å². The summed E-state index contributed by atoms with van der Waals surface area (Å²) in [7, 11) is 2.78. The number of Topliss-reactive ketones (excluding diaryl/α,β-unsaturated/α-hetero) is 2. The molecule has 0 aliphatic heterocycles. The molecule has 0 amide bonds. The molecule has 6 nitrogen and oxygen atoms in total. The summed E-state index contributed by atoms with van der Waals surface area (Å²) in [6, 6.07) is 5.97. The molecule has 0 spiro atoms. The first-order chi connectivity index (χ1) is 10.6. The molecular formula is C16H15NO5. The summed E-state index contributed by atoms with van der Waals surface area (Å²) in [5.74, 6) is -0.821. The van der Waals surface area contributed by atoms with Gasteiger partial charge in [-0.05, 0) is 24.3 Å². The smallest absolute Gasteiger partial charge is 0.203 e. The van der Waals surface area contributed by atoms with Crippen molar-refractivity contribution in [3.63, 3.8) is 0 Å². The van der Waals surface area contributed by atoms with E-state index in [1.165, 1.54) is 50.9 Å². The van der Waals surface area contributed by atoms with Crippen molar-refractivity contribution in [2.75, 3.05) is 14.2 Å². The Morgan fingerprint density at radius 2 is 1.73 bits per heavy atom. The lowest BCUT2D eigenvalue weighted by Crippen LogP contribution is -2.09. The minimum atomic E-state index is -0.500. The van der Waals surface area contributed by atoms with E-state index >= 15 is 0 Å². The quantitative estimate of drug-likeness (QED) is 0.650. The lowest BCUT2D eigenvalue weighted by Gasteiger charge is -2.12. The number of phenols is 1. The number of phenolic OH excluding ortho intramolecular Hbond substituents is 1. The van der Waals surface area contributed by atoms with Crippen LogP contribution in [0.3, 0.4) is 0 Å². The fourth-order valence-corrected chi connectivity index (χ4v) is 2.02. The summed E-state index contributed by atoms with van der Waals surface area (Å²) >= 11 is 0. The van der Waals surface area contributed by atoms with Gasteiger partial charge in [0.1, 0.15) is 0 Å². The third kappa shape index (κ3) is 3.06. The van der Waals surface area contributed by atoms with E-state index < -0.39 is 5.78 Å². The third-order valence-electron chi connectivity index (χ3n) is 3.14. The van der Waals surface area contributed by atoms with Gasteiger partial charge in [-0.25, -0.2) is 0 Å². The van der Waals surface area contributed by atoms with Crippen LogP contribution >= 0.6 is 0 Å². The zero-order valence-electron chi connectivity index (χ0n) is 12.2. The number of nitrogens with zero attached hydrogens (tertiary/aromatic N) is 1. The van der Waals surface area contributed by atoms with Gasteiger partial charge in [0.15, 0.2) is 23.1 Å². The molecule has 1 aromatic heterocycles. The zero-order chi connectivity index (χ0) is 16.1. The molecular weight excluding hydrogens is 286 g/mol. The van der Waals surface area contributed by atoms with Crippen molar-refractivity contribution in [3.05, 3.63) is 47.8 Å². The van der Waals surface area contributed by atoms with E-state index in [1.807, 2.05) is 0 Å². The number of benzene rings is 1.